The van der Waals surface area contributed by atoms with Gasteiger partial charge in [-0.1, -0.05) is 30.3 Å². The predicted molar refractivity (Wildman–Crippen MR) is 80.3 cm³/mol. The van der Waals surface area contributed by atoms with Gasteiger partial charge in [0.15, 0.2) is 0 Å². The summed E-state index contributed by atoms with van der Waals surface area (Å²) < 4.78 is 13.0. The van der Waals surface area contributed by atoms with Crippen LogP contribution in [0.3, 0.4) is 0 Å². The van der Waals surface area contributed by atoms with Crippen LogP contribution >= 0.6 is 0 Å². The Bertz CT molecular complexity index is 580. The van der Waals surface area contributed by atoms with E-state index in [1.54, 1.807) is 0 Å². The van der Waals surface area contributed by atoms with Crippen molar-refractivity contribution in [2.75, 3.05) is 18.5 Å². The molecule has 1 aliphatic heterocycles. The van der Waals surface area contributed by atoms with Gasteiger partial charge in [-0.2, -0.15) is 0 Å². The van der Waals surface area contributed by atoms with Gasteiger partial charge in [0.2, 0.25) is 0 Å². The van der Waals surface area contributed by atoms with E-state index in [1.165, 1.54) is 23.4 Å². The summed E-state index contributed by atoms with van der Waals surface area (Å²) in [6.45, 7) is 1.84. The van der Waals surface area contributed by atoms with Crippen molar-refractivity contribution in [2.45, 2.75) is 19.0 Å². The average molecular weight is 270 g/mol. The third-order valence-corrected chi connectivity index (χ3v) is 3.98. The highest BCUT2D eigenvalue weighted by molar-refractivity contribution is 5.57. The van der Waals surface area contributed by atoms with Crippen molar-refractivity contribution in [2.24, 2.45) is 0 Å². The smallest absolute Gasteiger partial charge is 0.123 e. The molecule has 3 rings (SSSR count). The minimum atomic E-state index is -0.178. The van der Waals surface area contributed by atoms with Crippen LogP contribution in [-0.2, 0) is 6.54 Å². The summed E-state index contributed by atoms with van der Waals surface area (Å²) in [5.41, 5.74) is 3.77. The summed E-state index contributed by atoms with van der Waals surface area (Å²) in [6, 6.07) is 15.7. The fraction of sp³-hybridized carbons (Fsp3) is 0.294. The number of nitrogens with zero attached hydrogens (tertiary/aromatic N) is 1. The first-order chi connectivity index (χ1) is 9.78. The Morgan fingerprint density at radius 2 is 1.90 bits per heavy atom. The number of rotatable bonds is 3. The molecule has 1 atom stereocenters. The highest BCUT2D eigenvalue weighted by Crippen LogP contribution is 2.34. The van der Waals surface area contributed by atoms with Crippen molar-refractivity contribution in [3.05, 3.63) is 65.5 Å². The Morgan fingerprint density at radius 3 is 2.65 bits per heavy atom. The quantitative estimate of drug-likeness (QED) is 0.918. The normalized spacial score (nSPS) is 17.9. The molecule has 20 heavy (non-hydrogen) atoms. The Morgan fingerprint density at radius 1 is 1.15 bits per heavy atom. The lowest BCUT2D eigenvalue weighted by molar-refractivity contribution is 0.516. The fourth-order valence-electron chi connectivity index (χ4n) is 2.91. The first-order valence-corrected chi connectivity index (χ1v) is 7.03. The SMILES string of the molecule is CNC1CCN(Cc2ccc(F)cc2)c2ccccc21. The fourth-order valence-corrected chi connectivity index (χ4v) is 2.91. The van der Waals surface area contributed by atoms with Gasteiger partial charge in [-0.25, -0.2) is 4.39 Å². The van der Waals surface area contributed by atoms with Crippen LogP contribution in [0.1, 0.15) is 23.6 Å². The molecule has 0 aliphatic carbocycles. The topological polar surface area (TPSA) is 15.3 Å². The van der Waals surface area contributed by atoms with E-state index in [2.05, 4.69) is 34.5 Å². The van der Waals surface area contributed by atoms with Crippen LogP contribution in [0, 0.1) is 5.82 Å². The van der Waals surface area contributed by atoms with Gasteiger partial charge in [-0.05, 0) is 42.8 Å². The summed E-state index contributed by atoms with van der Waals surface area (Å²) in [5, 5.41) is 3.38. The van der Waals surface area contributed by atoms with Crippen molar-refractivity contribution in [3.8, 4) is 0 Å². The van der Waals surface area contributed by atoms with Gasteiger partial charge in [-0.3, -0.25) is 0 Å². The Hall–Kier alpha value is -1.87. The lowest BCUT2D eigenvalue weighted by atomic mass is 9.96. The maximum Gasteiger partial charge on any atom is 0.123 e. The van der Waals surface area contributed by atoms with Gasteiger partial charge in [0, 0.05) is 24.8 Å². The van der Waals surface area contributed by atoms with Gasteiger partial charge >= 0.3 is 0 Å². The first-order valence-electron chi connectivity index (χ1n) is 7.03. The van der Waals surface area contributed by atoms with E-state index in [1.807, 2.05) is 19.2 Å². The zero-order valence-corrected chi connectivity index (χ0v) is 11.6. The standard InChI is InChI=1S/C17H19FN2/c1-19-16-10-11-20(17-5-3-2-4-15(16)17)12-13-6-8-14(18)9-7-13/h2-9,16,19H,10-12H2,1H3. The summed E-state index contributed by atoms with van der Waals surface area (Å²) in [4.78, 5) is 2.37. The molecular formula is C17H19FN2. The zero-order valence-electron chi connectivity index (χ0n) is 11.6. The molecule has 104 valence electrons. The molecule has 2 aromatic carbocycles. The highest BCUT2D eigenvalue weighted by atomic mass is 19.1. The van der Waals surface area contributed by atoms with Crippen LogP contribution in [0.2, 0.25) is 0 Å². The number of hydrogen-bond donors (Lipinski definition) is 1. The maximum atomic E-state index is 13.0. The van der Waals surface area contributed by atoms with Crippen molar-refractivity contribution < 1.29 is 4.39 Å². The van der Waals surface area contributed by atoms with Crippen LogP contribution in [-0.4, -0.2) is 13.6 Å². The molecule has 2 nitrogen and oxygen atoms in total. The molecule has 3 heteroatoms. The second kappa shape index (κ2) is 5.63. The van der Waals surface area contributed by atoms with Gasteiger partial charge in [0.25, 0.3) is 0 Å². The number of para-hydroxylation sites is 1. The zero-order chi connectivity index (χ0) is 13.9. The molecule has 0 radical (unpaired) electrons. The Kier molecular flexibility index (Phi) is 3.70. The highest BCUT2D eigenvalue weighted by Gasteiger charge is 2.23. The second-order valence-corrected chi connectivity index (χ2v) is 5.24. The molecule has 0 saturated heterocycles. The lowest BCUT2D eigenvalue weighted by Crippen LogP contribution is -2.34. The summed E-state index contributed by atoms with van der Waals surface area (Å²) in [7, 11) is 2.01. The average Bonchev–Trinajstić information content (AvgIpc) is 2.50. The number of nitrogens with one attached hydrogen (secondary N) is 1. The van der Waals surface area contributed by atoms with E-state index in [0.717, 1.165) is 25.1 Å². The van der Waals surface area contributed by atoms with Gasteiger partial charge in [0.05, 0.1) is 0 Å². The van der Waals surface area contributed by atoms with Crippen LogP contribution in [0.4, 0.5) is 10.1 Å². The number of hydrogen-bond acceptors (Lipinski definition) is 2. The van der Waals surface area contributed by atoms with E-state index in [-0.39, 0.29) is 5.82 Å². The van der Waals surface area contributed by atoms with Gasteiger partial charge in [0.1, 0.15) is 5.82 Å². The third kappa shape index (κ3) is 2.54. The van der Waals surface area contributed by atoms with Gasteiger partial charge < -0.3 is 10.2 Å². The summed E-state index contributed by atoms with van der Waals surface area (Å²) in [5.74, 6) is -0.178. The molecular weight excluding hydrogens is 251 g/mol. The van der Waals surface area contributed by atoms with E-state index < -0.39 is 0 Å². The molecule has 0 fully saturated rings. The Labute approximate surface area is 119 Å². The Balaban J connectivity index is 1.86. The molecule has 1 N–H and O–H groups in total. The molecule has 0 aromatic heterocycles. The predicted octanol–water partition coefficient (Wildman–Crippen LogP) is 3.50. The molecule has 0 spiro atoms. The molecule has 0 amide bonds. The second-order valence-electron chi connectivity index (χ2n) is 5.24. The van der Waals surface area contributed by atoms with Crippen molar-refractivity contribution in [1.29, 1.82) is 0 Å². The minimum absolute atomic E-state index is 0.178. The molecule has 1 aliphatic rings. The van der Waals surface area contributed by atoms with E-state index in [0.29, 0.717) is 6.04 Å². The number of benzene rings is 2. The van der Waals surface area contributed by atoms with Crippen LogP contribution in [0.25, 0.3) is 0 Å². The van der Waals surface area contributed by atoms with Crippen LogP contribution < -0.4 is 10.2 Å². The van der Waals surface area contributed by atoms with Crippen molar-refractivity contribution in [3.63, 3.8) is 0 Å². The summed E-state index contributed by atoms with van der Waals surface area (Å²) >= 11 is 0. The van der Waals surface area contributed by atoms with E-state index in [9.17, 15) is 4.39 Å². The minimum Gasteiger partial charge on any atom is -0.367 e. The molecule has 1 unspecified atom stereocenters. The number of anilines is 1. The molecule has 2 aromatic rings. The lowest BCUT2D eigenvalue weighted by Gasteiger charge is -2.35. The number of fused-ring (bicyclic) bond motifs is 1. The van der Waals surface area contributed by atoms with Crippen LogP contribution in [0.5, 0.6) is 0 Å². The number of halogens is 1. The third-order valence-electron chi connectivity index (χ3n) is 3.98. The molecule has 0 saturated carbocycles. The van der Waals surface area contributed by atoms with Gasteiger partial charge in [-0.15, -0.1) is 0 Å². The van der Waals surface area contributed by atoms with E-state index >= 15 is 0 Å². The molecule has 0 bridgehead atoms. The largest absolute Gasteiger partial charge is 0.367 e. The van der Waals surface area contributed by atoms with E-state index in [4.69, 9.17) is 0 Å². The van der Waals surface area contributed by atoms with Crippen molar-refractivity contribution >= 4 is 5.69 Å². The van der Waals surface area contributed by atoms with Crippen molar-refractivity contribution in [1.82, 2.24) is 5.32 Å². The summed E-state index contributed by atoms with van der Waals surface area (Å²) in [6.07, 6.45) is 1.09. The monoisotopic (exact) mass is 270 g/mol. The maximum absolute atomic E-state index is 13.0. The molecule has 1 heterocycles. The first kappa shape index (κ1) is 13.1. The van der Waals surface area contributed by atoms with Crippen LogP contribution in [0.15, 0.2) is 48.5 Å².